The molecule has 0 saturated heterocycles. The number of aromatic amines is 1. The van der Waals surface area contributed by atoms with Gasteiger partial charge in [-0.25, -0.2) is 4.79 Å². The number of hydrogen-bond donors (Lipinski definition) is 11. The summed E-state index contributed by atoms with van der Waals surface area (Å²) in [4.78, 5) is 85.2. The lowest BCUT2D eigenvalue weighted by atomic mass is 9.93. The number of nitrogens with two attached hydrogens (primary N) is 1. The van der Waals surface area contributed by atoms with Crippen LogP contribution in [0.2, 0.25) is 0 Å². The average Bonchev–Trinajstić information content (AvgIpc) is 4.34. The fraction of sp³-hybridized carbons (Fsp3) is 0.469. The van der Waals surface area contributed by atoms with Gasteiger partial charge in [-0.15, -0.1) is 11.8 Å². The molecule has 0 spiro atoms. The number of fused-ring (bicyclic) bond motifs is 4. The Hall–Kier alpha value is -7.71. The summed E-state index contributed by atoms with van der Waals surface area (Å²) < 4.78 is 1.41. The van der Waals surface area contributed by atoms with Gasteiger partial charge < -0.3 is 62.8 Å². The van der Waals surface area contributed by atoms with Crippen molar-refractivity contribution < 1.29 is 44.1 Å². The highest BCUT2D eigenvalue weighted by atomic mass is 32.2. The van der Waals surface area contributed by atoms with Gasteiger partial charge >= 0.3 is 6.03 Å². The number of primary amides is 1. The molecule has 0 radical (unpaired) electrons. The first-order valence-electron chi connectivity index (χ1n) is 29.9. The largest absolute Gasteiger partial charge is 0.507 e. The van der Waals surface area contributed by atoms with Crippen molar-refractivity contribution in [3.05, 3.63) is 102 Å². The monoisotopic (exact) mass is 1170 g/mol. The standard InChI is InChI=1S/C64H86N10O9S/c1-7-11-12-13-14-17-30-64(9-3,10-4)84-53-38-55(77)73(62(53)82)34-19-23-54(76)66-32-33-67-57(40(5)6)60(80)72-49(22-18-31-68-63(65)83)59(79)69-44-26-24-42(25-27-44)58(78)70-45-28-29-48-43(35-45)36-50(71-48)61(81)74-39-41(8-2)56-47-21-16-15-20-46(47)52(75)37-51(56)74/h15-16,20-21,24-29,35-38,40-41,49,57,67,71,75,77,82H,7-14,17-19,22-23,30-34,39H2,1-6H3,(H,66,76)(H,69,79)(H,70,78)(H,72,80)(H3,65,68,83). The first kappa shape index (κ1) is 63.9. The molecule has 4 aromatic carbocycles. The predicted molar refractivity (Wildman–Crippen MR) is 334 cm³/mol. The van der Waals surface area contributed by atoms with Crippen molar-refractivity contribution in [2.75, 3.05) is 41.7 Å². The second kappa shape index (κ2) is 30.2. The molecule has 6 aromatic rings. The number of phenolic OH excluding ortho intramolecular Hbond substituents is 1. The van der Waals surface area contributed by atoms with Crippen LogP contribution in [0.5, 0.6) is 17.5 Å². The number of phenols is 1. The van der Waals surface area contributed by atoms with Crippen LogP contribution in [0.4, 0.5) is 21.9 Å². The minimum Gasteiger partial charge on any atom is -0.507 e. The van der Waals surface area contributed by atoms with Crippen LogP contribution < -0.4 is 42.5 Å². The predicted octanol–water partition coefficient (Wildman–Crippen LogP) is 11.1. The number of carbonyl (C=O) groups is 6. The van der Waals surface area contributed by atoms with Crippen LogP contribution in [0.15, 0.2) is 89.8 Å². The van der Waals surface area contributed by atoms with E-state index in [1.807, 2.05) is 38.1 Å². The maximum Gasteiger partial charge on any atom is 0.312 e. The Morgan fingerprint density at radius 3 is 2.18 bits per heavy atom. The molecule has 3 heterocycles. The first-order chi connectivity index (χ1) is 40.4. The minimum atomic E-state index is -1.02. The molecule has 1 aliphatic heterocycles. The number of hydrogen-bond acceptors (Lipinski definition) is 11. The van der Waals surface area contributed by atoms with Gasteiger partial charge in [0.1, 0.15) is 17.5 Å². The molecular formula is C64H86N10O9S. The molecular weight excluding hydrogens is 1080 g/mol. The number of thioether (sulfide) groups is 1. The molecule has 2 aromatic heterocycles. The molecule has 1 aliphatic rings. The van der Waals surface area contributed by atoms with Crippen LogP contribution in [0.3, 0.4) is 0 Å². The maximum absolute atomic E-state index is 14.1. The zero-order chi connectivity index (χ0) is 60.5. The summed E-state index contributed by atoms with van der Waals surface area (Å²) in [6.07, 6.45) is 12.0. The molecule has 0 aliphatic carbocycles. The number of amides is 7. The molecule has 0 saturated carbocycles. The lowest BCUT2D eigenvalue weighted by Gasteiger charge is -2.31. The van der Waals surface area contributed by atoms with Gasteiger partial charge in [0.05, 0.1) is 16.6 Å². The number of unbranched alkanes of at least 4 members (excludes halogenated alkanes) is 5. The molecule has 7 amide bonds. The van der Waals surface area contributed by atoms with E-state index >= 15 is 0 Å². The molecule has 7 rings (SSSR count). The number of anilines is 3. The quantitative estimate of drug-likeness (QED) is 0.0139. The fourth-order valence-corrected chi connectivity index (χ4v) is 12.6. The summed E-state index contributed by atoms with van der Waals surface area (Å²) >= 11 is 1.63. The third-order valence-electron chi connectivity index (χ3n) is 16.2. The molecule has 0 fully saturated rings. The van der Waals surface area contributed by atoms with E-state index in [9.17, 15) is 44.1 Å². The van der Waals surface area contributed by atoms with Crippen molar-refractivity contribution in [2.45, 2.75) is 166 Å². The minimum absolute atomic E-state index is 0.0113. The van der Waals surface area contributed by atoms with Crippen molar-refractivity contribution >= 4 is 86.1 Å². The lowest BCUT2D eigenvalue weighted by molar-refractivity contribution is -0.128. The Morgan fingerprint density at radius 2 is 1.48 bits per heavy atom. The van der Waals surface area contributed by atoms with Crippen molar-refractivity contribution in [1.82, 2.24) is 30.8 Å². The Morgan fingerprint density at radius 1 is 0.762 bits per heavy atom. The highest BCUT2D eigenvalue weighted by Gasteiger charge is 2.36. The zero-order valence-electron chi connectivity index (χ0n) is 49.5. The molecule has 452 valence electrons. The van der Waals surface area contributed by atoms with Crippen LogP contribution in [0.25, 0.3) is 21.7 Å². The molecule has 84 heavy (non-hydrogen) atoms. The molecule has 19 nitrogen and oxygen atoms in total. The van der Waals surface area contributed by atoms with Crippen LogP contribution in [0.1, 0.15) is 164 Å². The first-order valence-corrected chi connectivity index (χ1v) is 30.8. The van der Waals surface area contributed by atoms with Crippen LogP contribution >= 0.6 is 11.8 Å². The van der Waals surface area contributed by atoms with Crippen molar-refractivity contribution in [2.24, 2.45) is 11.7 Å². The third kappa shape index (κ3) is 16.3. The van der Waals surface area contributed by atoms with Gasteiger partial charge in [0.25, 0.3) is 11.8 Å². The topological polar surface area (TPSA) is 285 Å². The van der Waals surface area contributed by atoms with Crippen molar-refractivity contribution in [1.29, 1.82) is 0 Å². The van der Waals surface area contributed by atoms with Gasteiger partial charge in [0.15, 0.2) is 5.88 Å². The Bertz CT molecular complexity index is 3240. The van der Waals surface area contributed by atoms with E-state index in [4.69, 9.17) is 5.73 Å². The normalized spacial score (nSPS) is 13.9. The zero-order valence-corrected chi connectivity index (χ0v) is 50.3. The number of H-pyrrole nitrogens is 1. The highest BCUT2D eigenvalue weighted by Crippen LogP contribution is 2.48. The van der Waals surface area contributed by atoms with E-state index in [1.165, 1.54) is 36.7 Å². The van der Waals surface area contributed by atoms with E-state index in [0.29, 0.717) is 63.5 Å². The average molecular weight is 1170 g/mol. The summed E-state index contributed by atoms with van der Waals surface area (Å²) in [7, 11) is 0. The number of aromatic nitrogens is 2. The Kier molecular flexibility index (Phi) is 23.0. The Labute approximate surface area is 497 Å². The van der Waals surface area contributed by atoms with Crippen molar-refractivity contribution in [3.8, 4) is 17.5 Å². The molecule has 3 atom stereocenters. The second-order valence-electron chi connectivity index (χ2n) is 22.4. The maximum atomic E-state index is 14.1. The summed E-state index contributed by atoms with van der Waals surface area (Å²) in [5.41, 5.74) is 9.26. The summed E-state index contributed by atoms with van der Waals surface area (Å²) in [6.45, 7) is 13.7. The van der Waals surface area contributed by atoms with Gasteiger partial charge in [-0.2, -0.15) is 0 Å². The lowest BCUT2D eigenvalue weighted by Crippen LogP contribution is -2.54. The third-order valence-corrected chi connectivity index (χ3v) is 17.9. The molecule has 20 heteroatoms. The highest BCUT2D eigenvalue weighted by molar-refractivity contribution is 8.00. The SMILES string of the molecule is CCCCCCCCC(CC)(CC)Sc1cc(O)n(CCCC(=O)NCCNC(C(=O)NC(CCCNC(N)=O)C(=O)Nc2ccc(C(=O)Nc3ccc4[nH]c(C(=O)N5CC(CC)c6c5cc(O)c5ccccc65)cc4c3)cc2)C(C)C)c1O. The smallest absolute Gasteiger partial charge is 0.312 e. The van der Waals surface area contributed by atoms with Crippen LogP contribution in [-0.2, 0) is 20.9 Å². The fourth-order valence-electron chi connectivity index (χ4n) is 11.2. The van der Waals surface area contributed by atoms with Gasteiger partial charge in [0.2, 0.25) is 23.6 Å². The van der Waals surface area contributed by atoms with E-state index < -0.39 is 35.8 Å². The molecule has 12 N–H and O–H groups in total. The summed E-state index contributed by atoms with van der Waals surface area (Å²) in [6, 6.07) is 21.8. The van der Waals surface area contributed by atoms with Gasteiger partial charge in [-0.3, -0.25) is 28.5 Å². The number of rotatable bonds is 32. The van der Waals surface area contributed by atoms with Gasteiger partial charge in [-0.1, -0.05) is 104 Å². The van der Waals surface area contributed by atoms with E-state index in [1.54, 1.807) is 77.3 Å². The van der Waals surface area contributed by atoms with E-state index in [-0.39, 0.29) is 84.9 Å². The number of aromatic hydroxyl groups is 3. The molecule has 0 bridgehead atoms. The summed E-state index contributed by atoms with van der Waals surface area (Å²) in [5.74, 6) is -1.84. The Balaban J connectivity index is 0.885. The summed E-state index contributed by atoms with van der Waals surface area (Å²) in [5, 5.41) is 52.5. The molecule has 3 unspecified atom stereocenters. The number of carbonyl (C=O) groups excluding carboxylic acids is 6. The van der Waals surface area contributed by atoms with Crippen molar-refractivity contribution in [3.63, 3.8) is 0 Å². The number of urea groups is 1. The van der Waals surface area contributed by atoms with Crippen LogP contribution in [0, 0.1) is 5.92 Å². The number of nitrogens with one attached hydrogen (secondary N) is 7. The second-order valence-corrected chi connectivity index (χ2v) is 23.9. The van der Waals surface area contributed by atoms with Gasteiger partial charge in [-0.05, 0) is 110 Å². The van der Waals surface area contributed by atoms with Crippen LogP contribution in [-0.4, -0.2) is 103 Å². The van der Waals surface area contributed by atoms with Gasteiger partial charge in [0, 0.05) is 95.2 Å². The number of nitrogens with zero attached hydrogens (tertiary/aromatic N) is 2. The number of benzene rings is 4. The van der Waals surface area contributed by atoms with E-state index in [2.05, 4.69) is 64.6 Å². The van der Waals surface area contributed by atoms with E-state index in [0.717, 1.165) is 48.4 Å².